The van der Waals surface area contributed by atoms with Crippen LogP contribution in [0.25, 0.3) is 11.0 Å². The smallest absolute Gasteiger partial charge is 0.577 e. The van der Waals surface area contributed by atoms with Crippen LogP contribution >= 0.6 is 0 Å². The van der Waals surface area contributed by atoms with E-state index in [1.165, 1.54) is 42.5 Å². The molecule has 1 heterocycles. The molecule has 8 nitrogen and oxygen atoms in total. The summed E-state index contributed by atoms with van der Waals surface area (Å²) in [6.07, 6.45) is 0. The molecule has 0 aliphatic heterocycles. The fourth-order valence-electron chi connectivity index (χ4n) is 2.12. The van der Waals surface area contributed by atoms with Crippen LogP contribution in [0.1, 0.15) is 0 Å². The summed E-state index contributed by atoms with van der Waals surface area (Å²) >= 11 is 0. The second kappa shape index (κ2) is 6.96. The van der Waals surface area contributed by atoms with E-state index < -0.39 is 27.1 Å². The zero-order valence-corrected chi connectivity index (χ0v) is 16.0. The van der Waals surface area contributed by atoms with E-state index in [2.05, 4.69) is 0 Å². The Morgan fingerprint density at radius 2 is 1.60 bits per heavy atom. The molecule has 3 aromatic rings. The van der Waals surface area contributed by atoms with Gasteiger partial charge in [-0.1, -0.05) is 0 Å². The maximum Gasteiger partial charge on any atom is 1.00 e. The minimum atomic E-state index is -4.14. The molecule has 124 valence electrons. The van der Waals surface area contributed by atoms with E-state index in [1.54, 1.807) is 0 Å². The number of fused-ring (bicyclic) bond motifs is 1. The van der Waals surface area contributed by atoms with Gasteiger partial charge in [-0.05, 0) is 42.5 Å². The molecular formula is C15H12N3NaO5S. The molecule has 2 aromatic carbocycles. The first kappa shape index (κ1) is 19.1. The first-order valence-corrected chi connectivity index (χ1v) is 8.18. The van der Waals surface area contributed by atoms with Gasteiger partial charge in [0.2, 0.25) is 5.43 Å². The number of hydrogen-bond donors (Lipinski definition) is 3. The van der Waals surface area contributed by atoms with Crippen LogP contribution < -0.4 is 56.3 Å². The Balaban J connectivity index is 0.00000225. The van der Waals surface area contributed by atoms with Crippen molar-refractivity contribution in [2.75, 3.05) is 16.2 Å². The number of nitrogen functional groups attached to an aromatic ring is 2. The topological polar surface area (TPSA) is 151 Å². The van der Waals surface area contributed by atoms with Crippen molar-refractivity contribution in [3.63, 3.8) is 0 Å². The van der Waals surface area contributed by atoms with Gasteiger partial charge in [-0.3, -0.25) is 9.52 Å². The van der Waals surface area contributed by atoms with Gasteiger partial charge in [0.15, 0.2) is 0 Å². The third-order valence-electron chi connectivity index (χ3n) is 3.31. The predicted octanol–water partition coefficient (Wildman–Crippen LogP) is -2.16. The molecule has 0 atom stereocenters. The fourth-order valence-corrected chi connectivity index (χ4v) is 3.17. The summed E-state index contributed by atoms with van der Waals surface area (Å²) in [5.41, 5.74) is 10.3. The normalized spacial score (nSPS) is 11.0. The van der Waals surface area contributed by atoms with Gasteiger partial charge >= 0.3 is 29.6 Å². The Labute approximate surface area is 164 Å². The van der Waals surface area contributed by atoms with Gasteiger partial charge in [-0.25, -0.2) is 8.42 Å². The van der Waals surface area contributed by atoms with Crippen LogP contribution in [0.15, 0.2) is 56.6 Å². The molecule has 0 bridgehead atoms. The van der Waals surface area contributed by atoms with E-state index in [0.29, 0.717) is 11.4 Å². The van der Waals surface area contributed by atoms with Crippen LogP contribution in [0.5, 0.6) is 5.95 Å². The van der Waals surface area contributed by atoms with Crippen LogP contribution in [0, 0.1) is 0 Å². The maximum atomic E-state index is 12.4. The van der Waals surface area contributed by atoms with Gasteiger partial charge in [-0.2, -0.15) is 0 Å². The van der Waals surface area contributed by atoms with Gasteiger partial charge in [0.25, 0.3) is 10.0 Å². The molecule has 5 N–H and O–H groups in total. The number of rotatable bonds is 3. The Hall–Kier alpha value is -2.20. The molecule has 0 aliphatic carbocycles. The van der Waals surface area contributed by atoms with Gasteiger partial charge in [0, 0.05) is 22.3 Å². The Morgan fingerprint density at radius 1 is 1.00 bits per heavy atom. The minimum Gasteiger partial charge on any atom is -0.577 e. The average molecular weight is 369 g/mol. The van der Waals surface area contributed by atoms with E-state index >= 15 is 0 Å². The second-order valence-corrected chi connectivity index (χ2v) is 6.71. The zero-order chi connectivity index (χ0) is 17.5. The molecular weight excluding hydrogens is 357 g/mol. The van der Waals surface area contributed by atoms with Crippen molar-refractivity contribution >= 4 is 38.1 Å². The summed E-state index contributed by atoms with van der Waals surface area (Å²) in [6.45, 7) is 0. The quantitative estimate of drug-likeness (QED) is 0.351. The van der Waals surface area contributed by atoms with Crippen molar-refractivity contribution in [1.29, 1.82) is 0 Å². The number of hydrogen-bond acceptors (Lipinski definition) is 7. The zero-order valence-electron chi connectivity index (χ0n) is 13.1. The van der Waals surface area contributed by atoms with Crippen molar-refractivity contribution in [1.82, 2.24) is 0 Å². The molecule has 0 saturated carbocycles. The number of nitrogens with two attached hydrogens (primary N) is 2. The molecule has 0 amide bonds. The Kier molecular flexibility index (Phi) is 5.33. The summed E-state index contributed by atoms with van der Waals surface area (Å²) in [6, 6.07) is 9.41. The summed E-state index contributed by atoms with van der Waals surface area (Å²) in [5.74, 6) is -1.10. The molecule has 0 spiro atoms. The largest absolute Gasteiger partial charge is 1.00 e. The van der Waals surface area contributed by atoms with Crippen LogP contribution in [0.2, 0.25) is 0 Å². The SMILES string of the molecule is Nc1ccc(S(=O)(=O)Nc2c([O-])oc3cc(N)ccc3c2=O)cc1.[Na+]. The molecule has 3 rings (SSSR count). The van der Waals surface area contributed by atoms with Crippen molar-refractivity contribution in [3.8, 4) is 5.95 Å². The van der Waals surface area contributed by atoms with E-state index in [-0.39, 0.29) is 45.4 Å². The van der Waals surface area contributed by atoms with Crippen LogP contribution in [0.3, 0.4) is 0 Å². The van der Waals surface area contributed by atoms with Crippen LogP contribution in [-0.4, -0.2) is 8.42 Å². The predicted molar refractivity (Wildman–Crippen MR) is 88.0 cm³/mol. The molecule has 1 aromatic heterocycles. The van der Waals surface area contributed by atoms with Gasteiger partial charge in [-0.15, -0.1) is 0 Å². The first-order chi connectivity index (χ1) is 11.3. The Morgan fingerprint density at radius 3 is 2.24 bits per heavy atom. The summed E-state index contributed by atoms with van der Waals surface area (Å²) in [4.78, 5) is 12.2. The van der Waals surface area contributed by atoms with E-state index in [4.69, 9.17) is 15.9 Å². The molecule has 0 radical (unpaired) electrons. The van der Waals surface area contributed by atoms with Crippen LogP contribution in [0.4, 0.5) is 17.1 Å². The Bertz CT molecular complexity index is 1090. The van der Waals surface area contributed by atoms with E-state index in [0.717, 1.165) is 0 Å². The number of nitrogens with one attached hydrogen (secondary N) is 1. The third kappa shape index (κ3) is 3.74. The summed E-state index contributed by atoms with van der Waals surface area (Å²) in [5, 5.41) is 12.0. The second-order valence-electron chi connectivity index (χ2n) is 5.02. The fraction of sp³-hybridized carbons (Fsp3) is 0. The monoisotopic (exact) mass is 369 g/mol. The van der Waals surface area contributed by atoms with Gasteiger partial charge < -0.3 is 21.0 Å². The van der Waals surface area contributed by atoms with Crippen molar-refractivity contribution in [3.05, 3.63) is 52.7 Å². The van der Waals surface area contributed by atoms with Gasteiger partial charge in [0.05, 0.1) is 10.8 Å². The molecule has 0 fully saturated rings. The molecule has 10 heteroatoms. The van der Waals surface area contributed by atoms with E-state index in [9.17, 15) is 18.3 Å². The van der Waals surface area contributed by atoms with Crippen molar-refractivity contribution < 1.29 is 47.5 Å². The standard InChI is InChI=1S/C15H13N3O5S.Na/c16-8-1-4-10(5-2-8)24(21,22)18-13-14(19)11-6-3-9(17)7-12(11)23-15(13)20;/h1-7,18,20H,16-17H2;/q;+1/p-1. The number of sulfonamides is 1. The maximum absolute atomic E-state index is 12.4. The van der Waals surface area contributed by atoms with Crippen molar-refractivity contribution in [2.45, 2.75) is 4.90 Å². The van der Waals surface area contributed by atoms with Crippen molar-refractivity contribution in [2.24, 2.45) is 0 Å². The molecule has 0 saturated heterocycles. The summed E-state index contributed by atoms with van der Waals surface area (Å²) < 4.78 is 31.6. The number of anilines is 3. The van der Waals surface area contributed by atoms with E-state index in [1.807, 2.05) is 4.72 Å². The summed E-state index contributed by atoms with van der Waals surface area (Å²) in [7, 11) is -4.14. The average Bonchev–Trinajstić information content (AvgIpc) is 2.51. The number of benzene rings is 2. The third-order valence-corrected chi connectivity index (χ3v) is 4.68. The van der Waals surface area contributed by atoms with Gasteiger partial charge in [0.1, 0.15) is 5.69 Å². The molecule has 0 aliphatic rings. The molecule has 25 heavy (non-hydrogen) atoms. The minimum absolute atomic E-state index is 0. The molecule has 0 unspecified atom stereocenters. The first-order valence-electron chi connectivity index (χ1n) is 6.69. The van der Waals surface area contributed by atoms with Crippen LogP contribution in [-0.2, 0) is 10.0 Å².